The number of aliphatic hydroxyl groups is 3. The minimum atomic E-state index is -2.73. The van der Waals surface area contributed by atoms with Gasteiger partial charge in [-0.2, -0.15) is 0 Å². The van der Waals surface area contributed by atoms with Gasteiger partial charge in [0.25, 0.3) is 5.91 Å². The zero-order valence-corrected chi connectivity index (χ0v) is 25.7. The topological polar surface area (TPSA) is 191 Å². The zero-order valence-electron chi connectivity index (χ0n) is 25.7. The molecule has 1 amide bonds. The van der Waals surface area contributed by atoms with Crippen molar-refractivity contribution in [2.24, 2.45) is 17.6 Å². The maximum atomic E-state index is 14.1. The Labute approximate surface area is 260 Å². The van der Waals surface area contributed by atoms with Crippen LogP contribution in [0.4, 0.5) is 0 Å². The summed E-state index contributed by atoms with van der Waals surface area (Å²) in [5.41, 5.74) is 2.62. The first-order valence-corrected chi connectivity index (χ1v) is 14.5. The van der Waals surface area contributed by atoms with Crippen LogP contribution in [-0.4, -0.2) is 106 Å². The second-order valence-corrected chi connectivity index (χ2v) is 12.4. The van der Waals surface area contributed by atoms with Crippen molar-refractivity contribution in [2.45, 2.75) is 36.9 Å². The largest absolute Gasteiger partial charge is 0.508 e. The standard InChI is InChI=1S/C33H37N3O9/c1-35(2)21(12-15-6-9-18(45-5)10-7-15)26(37)19-11-8-16-13-17-14-20-25(36(3)4)29(40)24(32(34)43)31(42)33(20,44)30(41)23(17)28(39)22(16)27(19)38/h6-11,17,20-21,25,38-39,42,44H,12-14H2,1-5H3,(H2,34,43)/t17?,20?,21?,25-,33?/m0/s1. The number of nitrogens with zero attached hydrogens (tertiary/aromatic N) is 2. The number of hydrogen-bond acceptors (Lipinski definition) is 11. The van der Waals surface area contributed by atoms with Gasteiger partial charge in [0, 0.05) is 11.5 Å². The molecule has 0 bridgehead atoms. The molecule has 238 valence electrons. The van der Waals surface area contributed by atoms with E-state index in [-0.39, 0.29) is 29.5 Å². The number of methoxy groups -OCH3 is 1. The number of fused-ring (bicyclic) bond motifs is 3. The number of aliphatic hydroxyl groups excluding tert-OH is 2. The molecule has 12 nitrogen and oxygen atoms in total. The maximum Gasteiger partial charge on any atom is 0.255 e. The van der Waals surface area contributed by atoms with Crippen LogP contribution in [0.2, 0.25) is 0 Å². The van der Waals surface area contributed by atoms with Gasteiger partial charge in [0.15, 0.2) is 17.2 Å². The Balaban J connectivity index is 1.58. The Morgan fingerprint density at radius 2 is 1.69 bits per heavy atom. The van der Waals surface area contributed by atoms with Crippen LogP contribution >= 0.6 is 0 Å². The van der Waals surface area contributed by atoms with E-state index >= 15 is 0 Å². The Hall–Kier alpha value is -4.52. The van der Waals surface area contributed by atoms with Gasteiger partial charge in [-0.05, 0) is 82.7 Å². The van der Waals surface area contributed by atoms with E-state index in [1.54, 1.807) is 58.4 Å². The van der Waals surface area contributed by atoms with Gasteiger partial charge in [0.05, 0.1) is 30.3 Å². The van der Waals surface area contributed by atoms with Crippen molar-refractivity contribution >= 4 is 29.0 Å². The van der Waals surface area contributed by atoms with Gasteiger partial charge >= 0.3 is 0 Å². The smallest absolute Gasteiger partial charge is 0.255 e. The van der Waals surface area contributed by atoms with Gasteiger partial charge in [-0.1, -0.05) is 18.2 Å². The number of rotatable bonds is 8. The fourth-order valence-corrected chi connectivity index (χ4v) is 7.09. The summed E-state index contributed by atoms with van der Waals surface area (Å²) in [4.78, 5) is 56.5. The molecule has 0 radical (unpaired) electrons. The highest BCUT2D eigenvalue weighted by Crippen LogP contribution is 2.52. The summed E-state index contributed by atoms with van der Waals surface area (Å²) in [5.74, 6) is -7.15. The molecular weight excluding hydrogens is 582 g/mol. The number of amides is 1. The van der Waals surface area contributed by atoms with E-state index in [9.17, 15) is 39.6 Å². The summed E-state index contributed by atoms with van der Waals surface area (Å²) in [6.07, 6.45) is 0.436. The Kier molecular flexibility index (Phi) is 8.11. The molecule has 2 aromatic rings. The van der Waals surface area contributed by atoms with Crippen molar-refractivity contribution in [3.05, 3.63) is 75.6 Å². The van der Waals surface area contributed by atoms with Crippen molar-refractivity contribution < 1.29 is 44.3 Å². The summed E-state index contributed by atoms with van der Waals surface area (Å²) in [6.45, 7) is 0. The quantitative estimate of drug-likeness (QED) is 0.212. The third-order valence-corrected chi connectivity index (χ3v) is 9.37. The highest BCUT2D eigenvalue weighted by atomic mass is 16.5. The van der Waals surface area contributed by atoms with Crippen molar-refractivity contribution in [3.8, 4) is 11.5 Å². The van der Waals surface area contributed by atoms with Crippen molar-refractivity contribution in [1.82, 2.24) is 9.80 Å². The van der Waals surface area contributed by atoms with Crippen LogP contribution < -0.4 is 10.5 Å². The Morgan fingerprint density at radius 3 is 2.24 bits per heavy atom. The molecule has 5 rings (SSSR count). The highest BCUT2D eigenvalue weighted by Gasteiger charge is 2.64. The van der Waals surface area contributed by atoms with E-state index in [1.165, 1.54) is 11.0 Å². The monoisotopic (exact) mass is 619 g/mol. The lowest BCUT2D eigenvalue weighted by molar-refractivity contribution is -0.153. The summed E-state index contributed by atoms with van der Waals surface area (Å²) in [7, 11) is 8.11. The van der Waals surface area contributed by atoms with Gasteiger partial charge in [-0.15, -0.1) is 0 Å². The number of carbonyl (C=O) groups is 4. The predicted molar refractivity (Wildman–Crippen MR) is 163 cm³/mol. The SMILES string of the molecule is COc1ccc(CC(C(=O)c2ccc3c(c2O)C(O)=C2C(=O)C4(O)C(O)=C(C(N)=O)C(=O)[C@@H](N(C)C)C4CC2C3)N(C)C)cc1. The molecule has 0 spiro atoms. The minimum absolute atomic E-state index is 0.0161. The molecule has 0 aromatic heterocycles. The number of hydrogen-bond donors (Lipinski definition) is 5. The lowest BCUT2D eigenvalue weighted by atomic mass is 9.57. The van der Waals surface area contributed by atoms with E-state index in [0.29, 0.717) is 17.7 Å². The number of phenolic OH excluding ortho intramolecular Hbond substituents is 1. The molecule has 3 aliphatic carbocycles. The number of phenols is 1. The van der Waals surface area contributed by atoms with Gasteiger partial charge in [0.1, 0.15) is 28.6 Å². The van der Waals surface area contributed by atoms with Crippen LogP contribution in [0.5, 0.6) is 11.5 Å². The number of benzene rings is 2. The summed E-state index contributed by atoms with van der Waals surface area (Å²) in [6, 6.07) is 8.49. The first-order chi connectivity index (χ1) is 21.1. The Bertz CT molecular complexity index is 1670. The van der Waals surface area contributed by atoms with Crippen molar-refractivity contribution in [2.75, 3.05) is 35.3 Å². The molecule has 1 fully saturated rings. The number of nitrogens with two attached hydrogens (primary N) is 1. The lowest BCUT2D eigenvalue weighted by Gasteiger charge is -2.50. The van der Waals surface area contributed by atoms with E-state index in [1.807, 2.05) is 12.1 Å². The molecule has 5 atom stereocenters. The fraction of sp³-hybridized carbons (Fsp3) is 0.394. The fourth-order valence-electron chi connectivity index (χ4n) is 7.09. The van der Waals surface area contributed by atoms with Gasteiger partial charge in [-0.3, -0.25) is 29.0 Å². The van der Waals surface area contributed by atoms with Crippen molar-refractivity contribution in [1.29, 1.82) is 0 Å². The Morgan fingerprint density at radius 1 is 1.04 bits per heavy atom. The molecule has 45 heavy (non-hydrogen) atoms. The number of primary amides is 1. The predicted octanol–water partition coefficient (Wildman–Crippen LogP) is 1.33. The molecule has 3 aliphatic rings. The molecule has 1 saturated carbocycles. The van der Waals surface area contributed by atoms with Crippen LogP contribution in [-0.2, 0) is 27.2 Å². The number of ketones is 3. The van der Waals surface area contributed by atoms with E-state index < -0.39 is 75.6 Å². The van der Waals surface area contributed by atoms with Crippen LogP contribution in [0, 0.1) is 11.8 Å². The molecule has 4 unspecified atom stereocenters. The molecule has 0 saturated heterocycles. The highest BCUT2D eigenvalue weighted by molar-refractivity contribution is 6.24. The second kappa shape index (κ2) is 11.4. The van der Waals surface area contributed by atoms with E-state index in [2.05, 4.69) is 0 Å². The average molecular weight is 620 g/mol. The van der Waals surface area contributed by atoms with E-state index in [4.69, 9.17) is 10.5 Å². The van der Waals surface area contributed by atoms with Gasteiger partial charge in [0.2, 0.25) is 5.78 Å². The maximum absolute atomic E-state index is 14.1. The van der Waals surface area contributed by atoms with Crippen LogP contribution in [0.15, 0.2) is 53.3 Å². The first-order valence-electron chi connectivity index (χ1n) is 14.5. The third-order valence-electron chi connectivity index (χ3n) is 9.37. The molecule has 12 heteroatoms. The van der Waals surface area contributed by atoms with Crippen LogP contribution in [0.1, 0.15) is 33.5 Å². The molecule has 0 heterocycles. The zero-order chi connectivity index (χ0) is 33.1. The number of carbonyl (C=O) groups excluding carboxylic acids is 4. The molecule has 0 aliphatic heterocycles. The molecule has 6 N–H and O–H groups in total. The minimum Gasteiger partial charge on any atom is -0.508 e. The van der Waals surface area contributed by atoms with Crippen LogP contribution in [0.25, 0.3) is 5.76 Å². The third kappa shape index (κ3) is 4.89. The lowest BCUT2D eigenvalue weighted by Crippen LogP contribution is -2.65. The average Bonchev–Trinajstić information content (AvgIpc) is 2.97. The normalized spacial score (nSPS) is 25.2. The number of aromatic hydroxyl groups is 1. The summed E-state index contributed by atoms with van der Waals surface area (Å²) >= 11 is 0. The number of ether oxygens (including phenoxy) is 1. The van der Waals surface area contributed by atoms with Gasteiger partial charge in [-0.25, -0.2) is 0 Å². The first kappa shape index (κ1) is 31.9. The van der Waals surface area contributed by atoms with Crippen LogP contribution in [0.3, 0.4) is 0 Å². The van der Waals surface area contributed by atoms with Crippen molar-refractivity contribution in [3.63, 3.8) is 0 Å². The number of likely N-dealkylation sites (N-methyl/N-ethyl adjacent to an activating group) is 2. The summed E-state index contributed by atoms with van der Waals surface area (Å²) in [5, 5.41) is 45.8. The number of Topliss-reactive ketones (excluding diaryl/α,β-unsaturated/α-hetero) is 3. The molecular formula is C33H37N3O9. The van der Waals surface area contributed by atoms with Gasteiger partial charge < -0.3 is 30.9 Å². The molecule has 2 aromatic carbocycles. The van der Waals surface area contributed by atoms with E-state index in [0.717, 1.165) is 5.56 Å². The summed E-state index contributed by atoms with van der Waals surface area (Å²) < 4.78 is 5.21. The second-order valence-electron chi connectivity index (χ2n) is 12.4.